The Morgan fingerprint density at radius 3 is 2.95 bits per heavy atom. The molecule has 1 amide bonds. The van der Waals surface area contributed by atoms with Gasteiger partial charge >= 0.3 is 0 Å². The van der Waals surface area contributed by atoms with E-state index >= 15 is 0 Å². The molecular formula is C17H21N3O. The summed E-state index contributed by atoms with van der Waals surface area (Å²) < 4.78 is 0. The van der Waals surface area contributed by atoms with Gasteiger partial charge in [0.2, 0.25) is 5.91 Å². The first-order valence-electron chi connectivity index (χ1n) is 7.60. The van der Waals surface area contributed by atoms with Gasteiger partial charge in [-0.1, -0.05) is 12.1 Å². The average molecular weight is 283 g/mol. The molecule has 4 heteroatoms. The van der Waals surface area contributed by atoms with E-state index in [2.05, 4.69) is 28.5 Å². The van der Waals surface area contributed by atoms with Gasteiger partial charge in [0.1, 0.15) is 0 Å². The number of hydrogen-bond donors (Lipinski definition) is 1. The summed E-state index contributed by atoms with van der Waals surface area (Å²) in [5, 5.41) is 4.46. The van der Waals surface area contributed by atoms with Crippen molar-refractivity contribution in [3.05, 3.63) is 42.1 Å². The van der Waals surface area contributed by atoms with E-state index < -0.39 is 0 Å². The first-order chi connectivity index (χ1) is 10.2. The maximum absolute atomic E-state index is 12.2. The van der Waals surface area contributed by atoms with E-state index in [1.54, 1.807) is 6.20 Å². The molecule has 4 nitrogen and oxygen atoms in total. The van der Waals surface area contributed by atoms with Crippen molar-refractivity contribution in [3.8, 4) is 0 Å². The number of rotatable bonds is 4. The Labute approximate surface area is 125 Å². The summed E-state index contributed by atoms with van der Waals surface area (Å²) in [4.78, 5) is 18.5. The summed E-state index contributed by atoms with van der Waals surface area (Å²) in [5.41, 5.74) is 2.18. The van der Waals surface area contributed by atoms with Crippen molar-refractivity contribution in [2.75, 3.05) is 13.1 Å². The van der Waals surface area contributed by atoms with E-state index in [1.807, 2.05) is 24.0 Å². The zero-order valence-electron chi connectivity index (χ0n) is 12.4. The number of carbonyl (C=O) groups is 1. The second-order valence-electron chi connectivity index (χ2n) is 5.67. The normalized spacial score (nSPS) is 16.3. The molecule has 1 fully saturated rings. The van der Waals surface area contributed by atoms with Gasteiger partial charge in [0, 0.05) is 31.2 Å². The summed E-state index contributed by atoms with van der Waals surface area (Å²) >= 11 is 0. The Kier molecular flexibility index (Phi) is 4.15. The fourth-order valence-corrected chi connectivity index (χ4v) is 2.80. The van der Waals surface area contributed by atoms with Crippen LogP contribution in [0.5, 0.6) is 0 Å². The summed E-state index contributed by atoms with van der Waals surface area (Å²) in [6.07, 6.45) is 4.07. The van der Waals surface area contributed by atoms with Gasteiger partial charge in [-0.3, -0.25) is 9.78 Å². The van der Waals surface area contributed by atoms with E-state index in [9.17, 15) is 4.79 Å². The molecule has 0 bridgehead atoms. The van der Waals surface area contributed by atoms with E-state index in [-0.39, 0.29) is 11.9 Å². The molecule has 0 aliphatic carbocycles. The largest absolute Gasteiger partial charge is 0.341 e. The summed E-state index contributed by atoms with van der Waals surface area (Å²) in [6.45, 7) is 4.47. The lowest BCUT2D eigenvalue weighted by Gasteiger charge is -2.21. The molecular weight excluding hydrogens is 262 g/mol. The SMILES string of the molecule is CC(NCc1ccc2ncccc2c1)C(=O)N1CCCC1. The highest BCUT2D eigenvalue weighted by atomic mass is 16.2. The number of nitrogens with zero attached hydrogens (tertiary/aromatic N) is 2. The Bertz CT molecular complexity index is 635. The molecule has 2 aromatic rings. The summed E-state index contributed by atoms with van der Waals surface area (Å²) in [6, 6.07) is 10.1. The number of aromatic nitrogens is 1. The molecule has 110 valence electrons. The number of nitrogens with one attached hydrogen (secondary N) is 1. The minimum atomic E-state index is -0.132. The lowest BCUT2D eigenvalue weighted by Crippen LogP contribution is -2.43. The van der Waals surface area contributed by atoms with E-state index in [1.165, 1.54) is 5.56 Å². The minimum absolute atomic E-state index is 0.132. The van der Waals surface area contributed by atoms with Crippen LogP contribution in [0.25, 0.3) is 10.9 Å². The van der Waals surface area contributed by atoms with Crippen LogP contribution in [0.4, 0.5) is 0 Å². The highest BCUT2D eigenvalue weighted by Crippen LogP contribution is 2.14. The molecule has 1 unspecified atom stereocenters. The molecule has 0 radical (unpaired) electrons. The molecule has 0 saturated carbocycles. The molecule has 3 rings (SSSR count). The van der Waals surface area contributed by atoms with Gasteiger partial charge in [0.15, 0.2) is 0 Å². The van der Waals surface area contributed by atoms with Crippen molar-refractivity contribution in [2.24, 2.45) is 0 Å². The second kappa shape index (κ2) is 6.22. The number of amides is 1. The number of pyridine rings is 1. The van der Waals surface area contributed by atoms with Gasteiger partial charge in [0.05, 0.1) is 11.6 Å². The Morgan fingerprint density at radius 1 is 1.33 bits per heavy atom. The molecule has 1 aliphatic rings. The fourth-order valence-electron chi connectivity index (χ4n) is 2.80. The highest BCUT2D eigenvalue weighted by Gasteiger charge is 2.22. The van der Waals surface area contributed by atoms with E-state index in [0.717, 1.165) is 36.8 Å². The van der Waals surface area contributed by atoms with Gasteiger partial charge in [-0.15, -0.1) is 0 Å². The van der Waals surface area contributed by atoms with Gasteiger partial charge in [-0.05, 0) is 43.5 Å². The van der Waals surface area contributed by atoms with Crippen molar-refractivity contribution in [2.45, 2.75) is 32.4 Å². The zero-order chi connectivity index (χ0) is 14.7. The van der Waals surface area contributed by atoms with Crippen LogP contribution in [0.2, 0.25) is 0 Å². The topological polar surface area (TPSA) is 45.2 Å². The first-order valence-corrected chi connectivity index (χ1v) is 7.60. The quantitative estimate of drug-likeness (QED) is 0.936. The van der Waals surface area contributed by atoms with E-state index in [0.29, 0.717) is 6.54 Å². The molecule has 1 aromatic carbocycles. The van der Waals surface area contributed by atoms with Crippen molar-refractivity contribution in [1.29, 1.82) is 0 Å². The second-order valence-corrected chi connectivity index (χ2v) is 5.67. The van der Waals surface area contributed by atoms with Crippen LogP contribution < -0.4 is 5.32 Å². The standard InChI is InChI=1S/C17H21N3O/c1-13(17(21)20-9-2-3-10-20)19-12-14-6-7-16-15(11-14)5-4-8-18-16/h4-8,11,13,19H,2-3,9-10,12H2,1H3. The minimum Gasteiger partial charge on any atom is -0.341 e. The molecule has 1 atom stereocenters. The van der Waals surface area contributed by atoms with Crippen LogP contribution in [-0.4, -0.2) is 34.9 Å². The number of benzene rings is 1. The average Bonchev–Trinajstić information content (AvgIpc) is 3.06. The maximum atomic E-state index is 12.2. The smallest absolute Gasteiger partial charge is 0.239 e. The third kappa shape index (κ3) is 3.22. The molecule has 1 saturated heterocycles. The van der Waals surface area contributed by atoms with E-state index in [4.69, 9.17) is 0 Å². The Hall–Kier alpha value is -1.94. The first kappa shape index (κ1) is 14.0. The van der Waals surface area contributed by atoms with Crippen LogP contribution in [0.15, 0.2) is 36.5 Å². The lowest BCUT2D eigenvalue weighted by atomic mass is 10.1. The van der Waals surface area contributed by atoms with Crippen LogP contribution in [0, 0.1) is 0 Å². The molecule has 2 heterocycles. The summed E-state index contributed by atoms with van der Waals surface area (Å²) in [5.74, 6) is 0.218. The van der Waals surface area contributed by atoms with Crippen molar-refractivity contribution < 1.29 is 4.79 Å². The monoisotopic (exact) mass is 283 g/mol. The van der Waals surface area contributed by atoms with Gasteiger partial charge in [-0.25, -0.2) is 0 Å². The Balaban J connectivity index is 1.61. The predicted octanol–water partition coefficient (Wildman–Crippen LogP) is 2.34. The maximum Gasteiger partial charge on any atom is 0.239 e. The molecule has 1 aromatic heterocycles. The predicted molar refractivity (Wildman–Crippen MR) is 83.9 cm³/mol. The molecule has 1 aliphatic heterocycles. The van der Waals surface area contributed by atoms with Gasteiger partial charge < -0.3 is 10.2 Å². The van der Waals surface area contributed by atoms with Gasteiger partial charge in [0.25, 0.3) is 0 Å². The highest BCUT2D eigenvalue weighted by molar-refractivity contribution is 5.82. The third-order valence-electron chi connectivity index (χ3n) is 4.07. The number of carbonyl (C=O) groups excluding carboxylic acids is 1. The molecule has 0 spiro atoms. The zero-order valence-corrected chi connectivity index (χ0v) is 12.4. The van der Waals surface area contributed by atoms with Crippen molar-refractivity contribution in [1.82, 2.24) is 15.2 Å². The van der Waals surface area contributed by atoms with Crippen LogP contribution >= 0.6 is 0 Å². The van der Waals surface area contributed by atoms with Crippen molar-refractivity contribution in [3.63, 3.8) is 0 Å². The van der Waals surface area contributed by atoms with Gasteiger partial charge in [-0.2, -0.15) is 0 Å². The molecule has 21 heavy (non-hydrogen) atoms. The third-order valence-corrected chi connectivity index (χ3v) is 4.07. The molecule has 1 N–H and O–H groups in total. The van der Waals surface area contributed by atoms with Crippen LogP contribution in [0.1, 0.15) is 25.3 Å². The Morgan fingerprint density at radius 2 is 2.14 bits per heavy atom. The fraction of sp³-hybridized carbons (Fsp3) is 0.412. The number of likely N-dealkylation sites (tertiary alicyclic amines) is 1. The van der Waals surface area contributed by atoms with Crippen molar-refractivity contribution >= 4 is 16.8 Å². The van der Waals surface area contributed by atoms with Crippen LogP contribution in [0.3, 0.4) is 0 Å². The lowest BCUT2D eigenvalue weighted by molar-refractivity contribution is -0.131. The number of hydrogen-bond acceptors (Lipinski definition) is 3. The van der Waals surface area contributed by atoms with Crippen LogP contribution in [-0.2, 0) is 11.3 Å². The summed E-state index contributed by atoms with van der Waals surface area (Å²) in [7, 11) is 0. The number of fused-ring (bicyclic) bond motifs is 1.